The molecule has 2 heterocycles. The van der Waals surface area contributed by atoms with E-state index in [4.69, 9.17) is 4.42 Å². The van der Waals surface area contributed by atoms with Crippen LogP contribution in [0.15, 0.2) is 29.0 Å². The fourth-order valence-corrected chi connectivity index (χ4v) is 2.07. The Morgan fingerprint density at radius 2 is 2.09 bits per heavy atom. The lowest BCUT2D eigenvalue weighted by molar-refractivity contribution is 0.0942. The van der Waals surface area contributed by atoms with Gasteiger partial charge in [-0.1, -0.05) is 26.2 Å². The number of amides is 2. The maximum absolute atomic E-state index is 12.0. The van der Waals surface area contributed by atoms with Crippen LogP contribution in [-0.2, 0) is 6.54 Å². The van der Waals surface area contributed by atoms with Gasteiger partial charge < -0.3 is 20.0 Å². The Kier molecular flexibility index (Phi) is 6.40. The van der Waals surface area contributed by atoms with Crippen molar-refractivity contribution in [3.8, 4) is 0 Å². The first kappa shape index (κ1) is 16.8. The lowest BCUT2D eigenvalue weighted by Gasteiger charge is -2.03. The van der Waals surface area contributed by atoms with Crippen LogP contribution in [0.5, 0.6) is 0 Å². The van der Waals surface area contributed by atoms with E-state index in [1.54, 1.807) is 18.4 Å². The van der Waals surface area contributed by atoms with E-state index in [0.717, 1.165) is 25.7 Å². The molecular weight excluding hydrogens is 296 g/mol. The van der Waals surface area contributed by atoms with Crippen LogP contribution in [0.2, 0.25) is 0 Å². The predicted octanol–water partition coefficient (Wildman–Crippen LogP) is 2.24. The molecule has 0 aliphatic rings. The molecule has 0 aliphatic heterocycles. The quantitative estimate of drug-likeness (QED) is 0.617. The summed E-state index contributed by atoms with van der Waals surface area (Å²) in [6.07, 6.45) is 7.25. The van der Waals surface area contributed by atoms with Crippen molar-refractivity contribution in [3.63, 3.8) is 0 Å². The van der Waals surface area contributed by atoms with E-state index in [2.05, 4.69) is 27.5 Å². The predicted molar refractivity (Wildman–Crippen MR) is 84.9 cm³/mol. The van der Waals surface area contributed by atoms with Gasteiger partial charge in [-0.25, -0.2) is 4.98 Å². The number of imidazole rings is 1. The minimum absolute atomic E-state index is 0.142. The van der Waals surface area contributed by atoms with Gasteiger partial charge in [0, 0.05) is 6.54 Å². The molecular formula is C16H22N4O3. The second-order valence-corrected chi connectivity index (χ2v) is 5.22. The number of rotatable bonds is 9. The first-order valence-electron chi connectivity index (χ1n) is 7.84. The van der Waals surface area contributed by atoms with Gasteiger partial charge in [0.2, 0.25) is 0 Å². The summed E-state index contributed by atoms with van der Waals surface area (Å²) in [4.78, 5) is 30.5. The number of aromatic nitrogens is 2. The summed E-state index contributed by atoms with van der Waals surface area (Å²) in [5.41, 5.74) is 0.243. The van der Waals surface area contributed by atoms with Crippen LogP contribution < -0.4 is 10.6 Å². The van der Waals surface area contributed by atoms with Crippen LogP contribution in [0.3, 0.4) is 0 Å². The van der Waals surface area contributed by atoms with Crippen molar-refractivity contribution in [2.45, 2.75) is 39.2 Å². The molecule has 0 fully saturated rings. The second-order valence-electron chi connectivity index (χ2n) is 5.22. The molecule has 0 unspecified atom stereocenters. The zero-order valence-electron chi connectivity index (χ0n) is 13.2. The van der Waals surface area contributed by atoms with Crippen molar-refractivity contribution in [2.75, 3.05) is 6.54 Å². The molecule has 2 aromatic heterocycles. The molecule has 7 heteroatoms. The van der Waals surface area contributed by atoms with E-state index in [0.29, 0.717) is 12.3 Å². The molecule has 0 atom stereocenters. The smallest absolute Gasteiger partial charge is 0.287 e. The molecule has 0 radical (unpaired) electrons. The van der Waals surface area contributed by atoms with Gasteiger partial charge in [-0.05, 0) is 18.6 Å². The van der Waals surface area contributed by atoms with Crippen molar-refractivity contribution in [1.29, 1.82) is 0 Å². The lowest BCUT2D eigenvalue weighted by Crippen LogP contribution is -2.26. The number of nitrogens with zero attached hydrogens (tertiary/aromatic N) is 1. The van der Waals surface area contributed by atoms with E-state index < -0.39 is 0 Å². The maximum Gasteiger partial charge on any atom is 0.287 e. The van der Waals surface area contributed by atoms with Gasteiger partial charge in [0.1, 0.15) is 11.5 Å². The van der Waals surface area contributed by atoms with E-state index in [1.807, 2.05) is 0 Å². The van der Waals surface area contributed by atoms with Gasteiger partial charge >= 0.3 is 0 Å². The standard InChI is InChI=1S/C16H22N4O3/c1-2-3-4-5-8-17-16(22)14-18-11-13(20-14)15(21)19-10-12-7-6-9-23-12/h6-7,9,11H,2-5,8,10H2,1H3,(H,17,22)(H,18,20)(H,19,21). The lowest BCUT2D eigenvalue weighted by atomic mass is 10.2. The number of carbonyl (C=O) groups is 2. The average Bonchev–Trinajstić information content (AvgIpc) is 3.23. The zero-order valence-corrected chi connectivity index (χ0v) is 13.2. The summed E-state index contributed by atoms with van der Waals surface area (Å²) < 4.78 is 5.13. The summed E-state index contributed by atoms with van der Waals surface area (Å²) in [5.74, 6) is 0.161. The van der Waals surface area contributed by atoms with Crippen molar-refractivity contribution >= 4 is 11.8 Å². The fraction of sp³-hybridized carbons (Fsp3) is 0.438. The fourth-order valence-electron chi connectivity index (χ4n) is 2.07. The summed E-state index contributed by atoms with van der Waals surface area (Å²) in [7, 11) is 0. The van der Waals surface area contributed by atoms with Crippen LogP contribution in [0, 0.1) is 0 Å². The molecule has 0 saturated carbocycles. The van der Waals surface area contributed by atoms with Crippen LogP contribution in [0.1, 0.15) is 59.5 Å². The third-order valence-electron chi connectivity index (χ3n) is 3.35. The van der Waals surface area contributed by atoms with Crippen LogP contribution >= 0.6 is 0 Å². The minimum Gasteiger partial charge on any atom is -0.467 e. The molecule has 124 valence electrons. The molecule has 23 heavy (non-hydrogen) atoms. The molecule has 0 aliphatic carbocycles. The molecule has 0 spiro atoms. The van der Waals surface area contributed by atoms with E-state index >= 15 is 0 Å². The molecule has 2 amide bonds. The first-order chi connectivity index (χ1) is 11.2. The number of H-pyrrole nitrogens is 1. The third-order valence-corrected chi connectivity index (χ3v) is 3.35. The molecule has 2 rings (SSSR count). The van der Waals surface area contributed by atoms with E-state index in [9.17, 15) is 9.59 Å². The number of carbonyl (C=O) groups excluding carboxylic acids is 2. The van der Waals surface area contributed by atoms with Crippen molar-refractivity contribution in [3.05, 3.63) is 41.9 Å². The Morgan fingerprint density at radius 3 is 2.83 bits per heavy atom. The SMILES string of the molecule is CCCCCCNC(=O)c1ncc(C(=O)NCc2ccco2)[nH]1. The minimum atomic E-state index is -0.337. The molecule has 0 bridgehead atoms. The molecule has 2 aromatic rings. The summed E-state index contributed by atoms with van der Waals surface area (Å²) in [6, 6.07) is 3.52. The molecule has 0 aromatic carbocycles. The Balaban J connectivity index is 1.77. The van der Waals surface area contributed by atoms with Gasteiger partial charge in [-0.2, -0.15) is 0 Å². The molecule has 3 N–H and O–H groups in total. The van der Waals surface area contributed by atoms with Crippen LogP contribution in [-0.4, -0.2) is 28.3 Å². The van der Waals surface area contributed by atoms with Gasteiger partial charge in [0.05, 0.1) is 19.0 Å². The highest BCUT2D eigenvalue weighted by Crippen LogP contribution is 2.02. The van der Waals surface area contributed by atoms with Gasteiger partial charge in [-0.3, -0.25) is 9.59 Å². The number of hydrogen-bond donors (Lipinski definition) is 3. The first-order valence-corrected chi connectivity index (χ1v) is 7.84. The summed E-state index contributed by atoms with van der Waals surface area (Å²) in [5, 5.41) is 5.47. The maximum atomic E-state index is 12.0. The Morgan fingerprint density at radius 1 is 1.22 bits per heavy atom. The topological polar surface area (TPSA) is 100 Å². The van der Waals surface area contributed by atoms with Crippen molar-refractivity contribution < 1.29 is 14.0 Å². The van der Waals surface area contributed by atoms with Crippen LogP contribution in [0.25, 0.3) is 0 Å². The zero-order chi connectivity index (χ0) is 16.5. The highest BCUT2D eigenvalue weighted by atomic mass is 16.3. The highest BCUT2D eigenvalue weighted by molar-refractivity contribution is 5.95. The normalized spacial score (nSPS) is 10.5. The second kappa shape index (κ2) is 8.77. The number of aromatic amines is 1. The number of nitrogens with one attached hydrogen (secondary N) is 3. The Hall–Kier alpha value is -2.57. The van der Waals surface area contributed by atoms with Crippen molar-refractivity contribution in [1.82, 2.24) is 20.6 Å². The van der Waals surface area contributed by atoms with E-state index in [1.165, 1.54) is 6.20 Å². The highest BCUT2D eigenvalue weighted by Gasteiger charge is 2.14. The monoisotopic (exact) mass is 318 g/mol. The largest absolute Gasteiger partial charge is 0.467 e. The number of furan rings is 1. The van der Waals surface area contributed by atoms with Crippen molar-refractivity contribution in [2.24, 2.45) is 0 Å². The summed E-state index contributed by atoms with van der Waals surface area (Å²) in [6.45, 7) is 3.03. The molecule has 0 saturated heterocycles. The van der Waals surface area contributed by atoms with Gasteiger partial charge in [0.15, 0.2) is 5.82 Å². The number of hydrogen-bond acceptors (Lipinski definition) is 4. The molecule has 7 nitrogen and oxygen atoms in total. The van der Waals surface area contributed by atoms with E-state index in [-0.39, 0.29) is 29.9 Å². The number of unbranched alkanes of at least 4 members (excludes halogenated alkanes) is 3. The van der Waals surface area contributed by atoms with Crippen LogP contribution in [0.4, 0.5) is 0 Å². The average molecular weight is 318 g/mol. The Bertz CT molecular complexity index is 619. The summed E-state index contributed by atoms with van der Waals surface area (Å²) >= 11 is 0. The van der Waals surface area contributed by atoms with Gasteiger partial charge in [-0.15, -0.1) is 0 Å². The Labute approximate surface area is 134 Å². The third kappa shape index (κ3) is 5.28. The van der Waals surface area contributed by atoms with Gasteiger partial charge in [0.25, 0.3) is 11.8 Å².